The van der Waals surface area contributed by atoms with Crippen molar-refractivity contribution in [1.29, 1.82) is 0 Å². The van der Waals surface area contributed by atoms with Crippen LogP contribution in [-0.2, 0) is 16.0 Å². The van der Waals surface area contributed by atoms with E-state index in [1.807, 2.05) is 0 Å². The van der Waals surface area contributed by atoms with E-state index in [-0.39, 0.29) is 23.6 Å². The van der Waals surface area contributed by atoms with Gasteiger partial charge in [-0.15, -0.1) is 0 Å². The second kappa shape index (κ2) is 5.69. The molecule has 6 heteroatoms. The maximum atomic E-state index is 13.6. The number of amides is 1. The minimum absolute atomic E-state index is 0.0204. The molecule has 1 fully saturated rings. The molecule has 102 valence electrons. The predicted octanol–water partition coefficient (Wildman–Crippen LogP) is 1.82. The number of rotatable bonds is 4. The second-order valence-corrected chi connectivity index (χ2v) is 5.79. The SMILES string of the molecule is O=C(O)[C@@H](Cc1ccccc1F)N1CC(Br)CC1=O. The Morgan fingerprint density at radius 1 is 1.53 bits per heavy atom. The summed E-state index contributed by atoms with van der Waals surface area (Å²) in [5.41, 5.74) is 0.306. The number of carboxylic acid groups (broad SMARTS) is 1. The first-order chi connectivity index (χ1) is 8.99. The van der Waals surface area contributed by atoms with E-state index in [4.69, 9.17) is 0 Å². The molecule has 0 saturated carbocycles. The molecule has 4 nitrogen and oxygen atoms in total. The smallest absolute Gasteiger partial charge is 0.326 e. The van der Waals surface area contributed by atoms with Crippen molar-refractivity contribution in [3.63, 3.8) is 0 Å². The van der Waals surface area contributed by atoms with E-state index in [1.54, 1.807) is 12.1 Å². The van der Waals surface area contributed by atoms with Gasteiger partial charge < -0.3 is 10.0 Å². The fraction of sp³-hybridized carbons (Fsp3) is 0.385. The monoisotopic (exact) mass is 329 g/mol. The van der Waals surface area contributed by atoms with Gasteiger partial charge in [0.15, 0.2) is 0 Å². The van der Waals surface area contributed by atoms with Gasteiger partial charge in [-0.3, -0.25) is 4.79 Å². The summed E-state index contributed by atoms with van der Waals surface area (Å²) in [7, 11) is 0. The molecule has 0 bridgehead atoms. The fourth-order valence-corrected chi connectivity index (χ4v) is 2.78. The lowest BCUT2D eigenvalue weighted by Crippen LogP contribution is -2.44. The molecule has 0 radical (unpaired) electrons. The number of alkyl halides is 1. The number of benzene rings is 1. The molecule has 1 amide bonds. The first kappa shape index (κ1) is 14.0. The Labute approximate surface area is 118 Å². The summed E-state index contributed by atoms with van der Waals surface area (Å²) in [4.78, 5) is 24.3. The van der Waals surface area contributed by atoms with Crippen LogP contribution in [0.25, 0.3) is 0 Å². The Balaban J connectivity index is 2.20. The van der Waals surface area contributed by atoms with E-state index in [1.165, 1.54) is 17.0 Å². The maximum absolute atomic E-state index is 13.6. The summed E-state index contributed by atoms with van der Waals surface area (Å²) in [6, 6.07) is 5.00. The molecular formula is C13H13BrFNO3. The van der Waals surface area contributed by atoms with Crippen molar-refractivity contribution >= 4 is 27.8 Å². The molecule has 1 aromatic rings. The van der Waals surface area contributed by atoms with E-state index in [9.17, 15) is 19.1 Å². The van der Waals surface area contributed by atoms with Crippen LogP contribution in [0.5, 0.6) is 0 Å². The van der Waals surface area contributed by atoms with Crippen LogP contribution in [0.3, 0.4) is 0 Å². The normalized spacial score (nSPS) is 20.6. The van der Waals surface area contributed by atoms with Crippen LogP contribution in [0.15, 0.2) is 24.3 Å². The number of likely N-dealkylation sites (tertiary alicyclic amines) is 1. The standard InChI is InChI=1S/C13H13BrFNO3/c14-9-6-12(17)16(7-9)11(13(18)19)5-8-3-1-2-4-10(8)15/h1-4,9,11H,5-7H2,(H,18,19)/t9?,11-/m1/s1. The van der Waals surface area contributed by atoms with Crippen LogP contribution in [0, 0.1) is 5.82 Å². The molecule has 0 aliphatic carbocycles. The number of nitrogens with zero attached hydrogens (tertiary/aromatic N) is 1. The first-order valence-corrected chi connectivity index (χ1v) is 6.80. The quantitative estimate of drug-likeness (QED) is 0.857. The van der Waals surface area contributed by atoms with E-state index in [2.05, 4.69) is 15.9 Å². The Kier molecular flexibility index (Phi) is 4.19. The van der Waals surface area contributed by atoms with E-state index in [0.29, 0.717) is 12.1 Å². The highest BCUT2D eigenvalue weighted by Gasteiger charge is 2.37. The van der Waals surface area contributed by atoms with Gasteiger partial charge in [-0.1, -0.05) is 34.1 Å². The third kappa shape index (κ3) is 3.12. The molecule has 1 aromatic carbocycles. The Morgan fingerprint density at radius 3 is 2.74 bits per heavy atom. The average Bonchev–Trinajstić information content (AvgIpc) is 2.67. The molecule has 0 aromatic heterocycles. The summed E-state index contributed by atoms with van der Waals surface area (Å²) >= 11 is 3.31. The number of hydrogen-bond donors (Lipinski definition) is 1. The van der Waals surface area contributed by atoms with Gasteiger partial charge >= 0.3 is 5.97 Å². The zero-order valence-corrected chi connectivity index (χ0v) is 11.6. The lowest BCUT2D eigenvalue weighted by Gasteiger charge is -2.24. The summed E-state index contributed by atoms with van der Waals surface area (Å²) in [5.74, 6) is -1.78. The van der Waals surface area contributed by atoms with Gasteiger partial charge in [0.05, 0.1) is 0 Å². The molecule has 1 heterocycles. The Bertz CT molecular complexity index is 508. The number of carboxylic acids is 1. The van der Waals surface area contributed by atoms with Gasteiger partial charge in [-0.2, -0.15) is 0 Å². The molecule has 0 spiro atoms. The van der Waals surface area contributed by atoms with Crippen molar-refractivity contribution in [2.24, 2.45) is 0 Å². The first-order valence-electron chi connectivity index (χ1n) is 5.88. The largest absolute Gasteiger partial charge is 0.480 e. The van der Waals surface area contributed by atoms with Crippen LogP contribution >= 0.6 is 15.9 Å². The van der Waals surface area contributed by atoms with Crippen molar-refractivity contribution in [3.8, 4) is 0 Å². The Hall–Kier alpha value is -1.43. The van der Waals surface area contributed by atoms with Crippen molar-refractivity contribution in [2.75, 3.05) is 6.54 Å². The molecule has 1 N–H and O–H groups in total. The predicted molar refractivity (Wildman–Crippen MR) is 70.6 cm³/mol. The topological polar surface area (TPSA) is 57.6 Å². The molecule has 1 aliphatic rings. The van der Waals surface area contributed by atoms with Gasteiger partial charge in [-0.25, -0.2) is 9.18 Å². The number of carbonyl (C=O) groups excluding carboxylic acids is 1. The van der Waals surface area contributed by atoms with Gasteiger partial charge in [0, 0.05) is 24.2 Å². The highest BCUT2D eigenvalue weighted by Crippen LogP contribution is 2.23. The van der Waals surface area contributed by atoms with Gasteiger partial charge in [0.25, 0.3) is 0 Å². The van der Waals surface area contributed by atoms with Crippen LogP contribution in [0.2, 0.25) is 0 Å². The maximum Gasteiger partial charge on any atom is 0.326 e. The van der Waals surface area contributed by atoms with Crippen molar-refractivity contribution in [3.05, 3.63) is 35.6 Å². The summed E-state index contributed by atoms with van der Waals surface area (Å²) in [6.07, 6.45) is 0.258. The Morgan fingerprint density at radius 2 is 2.21 bits per heavy atom. The number of hydrogen-bond acceptors (Lipinski definition) is 2. The number of aliphatic carboxylic acids is 1. The zero-order valence-electron chi connectivity index (χ0n) is 10.1. The van der Waals surface area contributed by atoms with E-state index >= 15 is 0 Å². The molecule has 1 saturated heterocycles. The highest BCUT2D eigenvalue weighted by molar-refractivity contribution is 9.09. The summed E-state index contributed by atoms with van der Waals surface area (Å²) in [6.45, 7) is 0.338. The van der Waals surface area contributed by atoms with Crippen LogP contribution < -0.4 is 0 Å². The molecular weight excluding hydrogens is 317 g/mol. The number of halogens is 2. The molecule has 19 heavy (non-hydrogen) atoms. The molecule has 2 atom stereocenters. The zero-order chi connectivity index (χ0) is 14.0. The highest BCUT2D eigenvalue weighted by atomic mass is 79.9. The second-order valence-electron chi connectivity index (χ2n) is 4.50. The van der Waals surface area contributed by atoms with Gasteiger partial charge in [-0.05, 0) is 11.6 Å². The minimum atomic E-state index is -1.11. The van der Waals surface area contributed by atoms with E-state index < -0.39 is 17.8 Å². The van der Waals surface area contributed by atoms with Crippen molar-refractivity contribution < 1.29 is 19.1 Å². The fourth-order valence-electron chi connectivity index (χ4n) is 2.19. The van der Waals surface area contributed by atoms with Crippen molar-refractivity contribution in [1.82, 2.24) is 4.90 Å². The van der Waals surface area contributed by atoms with Gasteiger partial charge in [0.2, 0.25) is 5.91 Å². The number of carbonyl (C=O) groups is 2. The molecule has 1 unspecified atom stereocenters. The third-order valence-electron chi connectivity index (χ3n) is 3.14. The minimum Gasteiger partial charge on any atom is -0.480 e. The molecule has 1 aliphatic heterocycles. The van der Waals surface area contributed by atoms with Crippen molar-refractivity contribution in [2.45, 2.75) is 23.7 Å². The van der Waals surface area contributed by atoms with Crippen LogP contribution in [-0.4, -0.2) is 39.3 Å². The van der Waals surface area contributed by atoms with Gasteiger partial charge in [0.1, 0.15) is 11.9 Å². The molecule has 2 rings (SSSR count). The lowest BCUT2D eigenvalue weighted by molar-refractivity contribution is -0.148. The average molecular weight is 330 g/mol. The summed E-state index contributed by atoms with van der Waals surface area (Å²) in [5, 5.41) is 9.26. The lowest BCUT2D eigenvalue weighted by atomic mass is 10.0. The van der Waals surface area contributed by atoms with E-state index in [0.717, 1.165) is 0 Å². The summed E-state index contributed by atoms with van der Waals surface area (Å²) < 4.78 is 13.6. The van der Waals surface area contributed by atoms with Crippen LogP contribution in [0.1, 0.15) is 12.0 Å². The third-order valence-corrected chi connectivity index (χ3v) is 3.76. The van der Waals surface area contributed by atoms with Crippen LogP contribution in [0.4, 0.5) is 4.39 Å².